The maximum Gasteiger partial charge on any atom is 0.266 e. The predicted octanol–water partition coefficient (Wildman–Crippen LogP) is 1.78. The third-order valence-electron chi connectivity index (χ3n) is 6.53. The third-order valence-corrected chi connectivity index (χ3v) is 6.53. The standard InChI is InChI=1S/C21H27N5O2/c1-14-22-10-15(11-23-14)12-25-17-4-5-18(25)9-21(28,8-17)13-26-20(27)7-6-19(24-26)16-2-3-16/h6-7,10-11,16-18,28H,2-5,8-9,12-13H2,1H3/t17-,18-/m1/s1. The number of hydrogen-bond acceptors (Lipinski definition) is 6. The molecule has 3 aliphatic rings. The fraction of sp³-hybridized carbons (Fsp3) is 0.619. The van der Waals surface area contributed by atoms with Gasteiger partial charge in [0.25, 0.3) is 5.56 Å². The summed E-state index contributed by atoms with van der Waals surface area (Å²) in [4.78, 5) is 23.4. The fourth-order valence-electron chi connectivity index (χ4n) is 4.97. The molecule has 5 rings (SSSR count). The van der Waals surface area contributed by atoms with E-state index in [0.29, 0.717) is 37.4 Å². The number of piperidine rings is 1. The van der Waals surface area contributed by atoms with E-state index in [4.69, 9.17) is 0 Å². The van der Waals surface area contributed by atoms with E-state index in [1.165, 1.54) is 4.68 Å². The second kappa shape index (κ2) is 6.74. The molecule has 0 aromatic carbocycles. The molecule has 2 saturated heterocycles. The Labute approximate surface area is 164 Å². The summed E-state index contributed by atoms with van der Waals surface area (Å²) in [6.07, 6.45) is 9.63. The summed E-state index contributed by atoms with van der Waals surface area (Å²) < 4.78 is 1.50. The topological polar surface area (TPSA) is 84.1 Å². The van der Waals surface area contributed by atoms with Crippen molar-refractivity contribution in [1.82, 2.24) is 24.6 Å². The largest absolute Gasteiger partial charge is 0.388 e. The fourth-order valence-corrected chi connectivity index (χ4v) is 4.97. The molecule has 1 aliphatic carbocycles. The summed E-state index contributed by atoms with van der Waals surface area (Å²) in [5, 5.41) is 15.9. The Bertz CT molecular complexity index is 907. The third kappa shape index (κ3) is 3.49. The lowest BCUT2D eigenvalue weighted by Crippen LogP contribution is -2.53. The molecule has 2 aliphatic heterocycles. The second-order valence-corrected chi connectivity index (χ2v) is 8.86. The first-order valence-corrected chi connectivity index (χ1v) is 10.3. The van der Waals surface area contributed by atoms with Crippen molar-refractivity contribution in [3.8, 4) is 0 Å². The molecular weight excluding hydrogens is 354 g/mol. The van der Waals surface area contributed by atoms with E-state index in [9.17, 15) is 9.90 Å². The average molecular weight is 381 g/mol. The lowest BCUT2D eigenvalue weighted by atomic mass is 9.85. The van der Waals surface area contributed by atoms with Crippen LogP contribution in [0.2, 0.25) is 0 Å². The van der Waals surface area contributed by atoms with E-state index in [-0.39, 0.29) is 5.56 Å². The molecule has 2 aromatic heterocycles. The van der Waals surface area contributed by atoms with Crippen LogP contribution in [-0.2, 0) is 13.1 Å². The molecule has 2 bridgehead atoms. The highest BCUT2D eigenvalue weighted by Gasteiger charge is 2.47. The predicted molar refractivity (Wildman–Crippen MR) is 104 cm³/mol. The summed E-state index contributed by atoms with van der Waals surface area (Å²) in [7, 11) is 0. The van der Waals surface area contributed by atoms with Crippen LogP contribution in [0.5, 0.6) is 0 Å². The number of hydrogen-bond donors (Lipinski definition) is 1. The number of aromatic nitrogens is 4. The molecule has 28 heavy (non-hydrogen) atoms. The monoisotopic (exact) mass is 381 g/mol. The lowest BCUT2D eigenvalue weighted by Gasteiger charge is -2.43. The minimum atomic E-state index is -0.870. The molecule has 0 amide bonds. The van der Waals surface area contributed by atoms with Gasteiger partial charge in [-0.05, 0) is 51.5 Å². The maximum absolute atomic E-state index is 12.3. The van der Waals surface area contributed by atoms with E-state index >= 15 is 0 Å². The van der Waals surface area contributed by atoms with Crippen molar-refractivity contribution < 1.29 is 5.11 Å². The Morgan fingerprint density at radius 2 is 1.79 bits per heavy atom. The molecule has 0 spiro atoms. The summed E-state index contributed by atoms with van der Waals surface area (Å²) in [6.45, 7) is 3.00. The first kappa shape index (κ1) is 17.9. The second-order valence-electron chi connectivity index (χ2n) is 8.86. The van der Waals surface area contributed by atoms with Crippen molar-refractivity contribution in [1.29, 1.82) is 0 Å². The van der Waals surface area contributed by atoms with Gasteiger partial charge in [0.05, 0.1) is 17.8 Å². The zero-order valence-corrected chi connectivity index (χ0v) is 16.3. The van der Waals surface area contributed by atoms with Gasteiger partial charge in [-0.1, -0.05) is 0 Å². The number of aryl methyl sites for hydroxylation is 1. The van der Waals surface area contributed by atoms with Crippen LogP contribution >= 0.6 is 0 Å². The van der Waals surface area contributed by atoms with Crippen LogP contribution in [0.3, 0.4) is 0 Å². The van der Waals surface area contributed by atoms with Crippen molar-refractivity contribution in [3.05, 3.63) is 52.0 Å². The number of rotatable bonds is 5. The number of nitrogens with zero attached hydrogens (tertiary/aromatic N) is 5. The molecular formula is C21H27N5O2. The molecule has 7 heteroatoms. The van der Waals surface area contributed by atoms with Crippen molar-refractivity contribution in [2.75, 3.05) is 0 Å². The zero-order chi connectivity index (χ0) is 19.3. The molecule has 2 atom stereocenters. The van der Waals surface area contributed by atoms with Gasteiger partial charge in [-0.25, -0.2) is 14.6 Å². The van der Waals surface area contributed by atoms with Gasteiger partial charge >= 0.3 is 0 Å². The maximum atomic E-state index is 12.3. The smallest absolute Gasteiger partial charge is 0.266 e. The molecule has 0 radical (unpaired) electrons. The molecule has 0 unspecified atom stereocenters. The summed E-state index contributed by atoms with van der Waals surface area (Å²) in [6, 6.07) is 4.10. The normalized spacial score (nSPS) is 29.9. The molecule has 4 heterocycles. The van der Waals surface area contributed by atoms with Gasteiger partial charge < -0.3 is 5.11 Å². The highest BCUT2D eigenvalue weighted by atomic mass is 16.3. The van der Waals surface area contributed by atoms with Gasteiger partial charge in [0.1, 0.15) is 5.82 Å². The van der Waals surface area contributed by atoms with E-state index < -0.39 is 5.60 Å². The summed E-state index contributed by atoms with van der Waals surface area (Å²) >= 11 is 0. The number of fused-ring (bicyclic) bond motifs is 2. The minimum Gasteiger partial charge on any atom is -0.388 e. The Balaban J connectivity index is 1.31. The van der Waals surface area contributed by atoms with Crippen LogP contribution < -0.4 is 5.56 Å². The lowest BCUT2D eigenvalue weighted by molar-refractivity contribution is -0.0678. The molecule has 2 aromatic rings. The summed E-state index contributed by atoms with van der Waals surface area (Å²) in [5.41, 5.74) is 1.11. The van der Waals surface area contributed by atoms with Crippen LogP contribution in [0, 0.1) is 6.92 Å². The average Bonchev–Trinajstić information content (AvgIpc) is 3.47. The van der Waals surface area contributed by atoms with Crippen LogP contribution in [0.4, 0.5) is 0 Å². The molecule has 7 nitrogen and oxygen atoms in total. The highest BCUT2D eigenvalue weighted by Crippen LogP contribution is 2.42. The van der Waals surface area contributed by atoms with E-state index in [0.717, 1.165) is 49.3 Å². The Morgan fingerprint density at radius 1 is 1.11 bits per heavy atom. The molecule has 148 valence electrons. The zero-order valence-electron chi connectivity index (χ0n) is 16.3. The van der Waals surface area contributed by atoms with Gasteiger partial charge in [-0.2, -0.15) is 5.10 Å². The van der Waals surface area contributed by atoms with Crippen molar-refractivity contribution >= 4 is 0 Å². The minimum absolute atomic E-state index is 0.121. The van der Waals surface area contributed by atoms with Gasteiger partial charge in [0.2, 0.25) is 0 Å². The van der Waals surface area contributed by atoms with Crippen molar-refractivity contribution in [2.24, 2.45) is 0 Å². The van der Waals surface area contributed by atoms with Gasteiger partial charge in [-0.3, -0.25) is 9.69 Å². The van der Waals surface area contributed by atoms with Crippen LogP contribution in [0.15, 0.2) is 29.3 Å². The van der Waals surface area contributed by atoms with Gasteiger partial charge in [0, 0.05) is 48.6 Å². The Morgan fingerprint density at radius 3 is 2.43 bits per heavy atom. The van der Waals surface area contributed by atoms with Crippen LogP contribution in [0.25, 0.3) is 0 Å². The van der Waals surface area contributed by atoms with Crippen molar-refractivity contribution in [3.63, 3.8) is 0 Å². The first-order valence-electron chi connectivity index (χ1n) is 10.3. The molecule has 3 fully saturated rings. The van der Waals surface area contributed by atoms with Gasteiger partial charge in [0.15, 0.2) is 0 Å². The first-order chi connectivity index (χ1) is 13.5. The van der Waals surface area contributed by atoms with Crippen molar-refractivity contribution in [2.45, 2.75) is 82.1 Å². The van der Waals surface area contributed by atoms with E-state index in [2.05, 4.69) is 20.0 Å². The Hall–Kier alpha value is -2.12. The Kier molecular flexibility index (Phi) is 4.32. The molecule has 1 saturated carbocycles. The van der Waals surface area contributed by atoms with E-state index in [1.54, 1.807) is 6.07 Å². The van der Waals surface area contributed by atoms with E-state index in [1.807, 2.05) is 25.4 Å². The van der Waals surface area contributed by atoms with Gasteiger partial charge in [-0.15, -0.1) is 0 Å². The van der Waals surface area contributed by atoms with Crippen LogP contribution in [0.1, 0.15) is 61.5 Å². The van der Waals surface area contributed by atoms with Crippen LogP contribution in [-0.4, -0.2) is 47.4 Å². The number of aliphatic hydroxyl groups is 1. The quantitative estimate of drug-likeness (QED) is 0.850. The molecule has 1 N–H and O–H groups in total. The highest BCUT2D eigenvalue weighted by molar-refractivity contribution is 5.13. The summed E-state index contributed by atoms with van der Waals surface area (Å²) in [5.74, 6) is 1.28. The SMILES string of the molecule is Cc1ncc(CN2[C@@H]3CC[C@@H]2CC(O)(Cn2nc(C4CC4)ccc2=O)C3)cn1.